The van der Waals surface area contributed by atoms with Crippen molar-refractivity contribution in [1.29, 1.82) is 0 Å². The summed E-state index contributed by atoms with van der Waals surface area (Å²) in [5.41, 5.74) is 2.19. The van der Waals surface area contributed by atoms with Crippen LogP contribution in [0.15, 0.2) is 29.6 Å². The van der Waals surface area contributed by atoms with Gasteiger partial charge in [0.1, 0.15) is 16.7 Å². The molecule has 7 nitrogen and oxygen atoms in total. The lowest BCUT2D eigenvalue weighted by atomic mass is 9.83. The van der Waals surface area contributed by atoms with E-state index in [9.17, 15) is 14.4 Å². The van der Waals surface area contributed by atoms with Gasteiger partial charge >= 0.3 is 0 Å². The molecular formula is C29H40N4O3S. The smallest absolute Gasteiger partial charge is 0.246 e. The maximum absolute atomic E-state index is 13.9. The van der Waals surface area contributed by atoms with Crippen LogP contribution >= 0.6 is 11.3 Å². The van der Waals surface area contributed by atoms with Gasteiger partial charge in [-0.15, -0.1) is 11.3 Å². The van der Waals surface area contributed by atoms with Gasteiger partial charge in [0, 0.05) is 17.5 Å². The number of hydrogen-bond donors (Lipinski definition) is 2. The van der Waals surface area contributed by atoms with Gasteiger partial charge in [0.05, 0.1) is 12.1 Å². The second kappa shape index (κ2) is 12.3. The second-order valence-electron chi connectivity index (χ2n) is 10.8. The third-order valence-corrected chi connectivity index (χ3v) is 8.85. The minimum absolute atomic E-state index is 0.0150. The van der Waals surface area contributed by atoms with Crippen molar-refractivity contribution in [2.24, 2.45) is 5.92 Å². The van der Waals surface area contributed by atoms with Crippen molar-refractivity contribution in [3.63, 3.8) is 0 Å². The molecule has 2 aliphatic rings. The number of nitrogens with zero attached hydrogens (tertiary/aromatic N) is 2. The van der Waals surface area contributed by atoms with Gasteiger partial charge in [0.25, 0.3) is 0 Å². The number of carbonyl (C=O) groups excluding carboxylic acids is 3. The average molecular weight is 525 g/mol. The molecule has 0 bridgehead atoms. The molecule has 0 spiro atoms. The zero-order valence-electron chi connectivity index (χ0n) is 22.5. The van der Waals surface area contributed by atoms with Crippen molar-refractivity contribution in [2.75, 3.05) is 13.6 Å². The first-order valence-electron chi connectivity index (χ1n) is 13.7. The highest BCUT2D eigenvalue weighted by Crippen LogP contribution is 2.36. The monoisotopic (exact) mass is 524 g/mol. The summed E-state index contributed by atoms with van der Waals surface area (Å²) in [6.07, 6.45) is 6.96. The summed E-state index contributed by atoms with van der Waals surface area (Å²) in [6, 6.07) is 6.68. The van der Waals surface area contributed by atoms with E-state index < -0.39 is 6.04 Å². The van der Waals surface area contributed by atoms with Gasteiger partial charge in [-0.1, -0.05) is 51.3 Å². The van der Waals surface area contributed by atoms with Crippen LogP contribution in [-0.2, 0) is 9.59 Å². The number of hydrogen-bond acceptors (Lipinski definition) is 6. The number of likely N-dealkylation sites (N-methyl/N-ethyl adjacent to an activating group) is 1. The van der Waals surface area contributed by atoms with E-state index in [-0.39, 0.29) is 35.6 Å². The van der Waals surface area contributed by atoms with Crippen molar-refractivity contribution >= 4 is 28.9 Å². The molecular weight excluding hydrogens is 484 g/mol. The average Bonchev–Trinajstić information content (AvgIpc) is 3.61. The highest BCUT2D eigenvalue weighted by Gasteiger charge is 2.40. The molecule has 2 fully saturated rings. The number of ketones is 1. The van der Waals surface area contributed by atoms with Crippen LogP contribution in [-0.4, -0.2) is 53.2 Å². The first kappa shape index (κ1) is 27.5. The largest absolute Gasteiger partial charge is 0.343 e. The van der Waals surface area contributed by atoms with Gasteiger partial charge in [-0.2, -0.15) is 0 Å². The zero-order chi connectivity index (χ0) is 26.5. The Hall–Kier alpha value is -2.58. The Balaban J connectivity index is 1.53. The number of nitrogens with one attached hydrogen (secondary N) is 2. The maximum atomic E-state index is 13.9. The summed E-state index contributed by atoms with van der Waals surface area (Å²) >= 11 is 1.45. The zero-order valence-corrected chi connectivity index (χ0v) is 23.3. The molecule has 4 rings (SSSR count). The van der Waals surface area contributed by atoms with E-state index in [0.29, 0.717) is 23.7 Å². The van der Waals surface area contributed by atoms with Crippen molar-refractivity contribution in [2.45, 2.75) is 89.8 Å². The molecule has 1 saturated heterocycles. The van der Waals surface area contributed by atoms with Crippen LogP contribution < -0.4 is 10.6 Å². The summed E-state index contributed by atoms with van der Waals surface area (Å²) in [5, 5.41) is 8.67. The molecule has 1 aliphatic carbocycles. The molecule has 0 radical (unpaired) electrons. The molecule has 2 N–H and O–H groups in total. The van der Waals surface area contributed by atoms with E-state index in [1.807, 2.05) is 34.5 Å². The number of benzene rings is 1. The Bertz CT molecular complexity index is 1110. The third-order valence-electron chi connectivity index (χ3n) is 7.90. The molecule has 1 aromatic carbocycles. The Labute approximate surface area is 224 Å². The molecule has 1 saturated carbocycles. The highest BCUT2D eigenvalue weighted by molar-refractivity contribution is 7.10. The predicted molar refractivity (Wildman–Crippen MR) is 147 cm³/mol. The number of rotatable bonds is 9. The number of likely N-dealkylation sites (tertiary alicyclic amines) is 1. The number of carbonyl (C=O) groups is 3. The van der Waals surface area contributed by atoms with Crippen LogP contribution in [0.25, 0.3) is 0 Å². The van der Waals surface area contributed by atoms with Crippen molar-refractivity contribution in [1.82, 2.24) is 20.5 Å². The van der Waals surface area contributed by atoms with Crippen molar-refractivity contribution < 1.29 is 14.4 Å². The lowest BCUT2D eigenvalue weighted by Gasteiger charge is -2.35. The topological polar surface area (TPSA) is 91.4 Å². The van der Waals surface area contributed by atoms with Crippen LogP contribution in [0.1, 0.15) is 104 Å². The molecule has 1 unspecified atom stereocenters. The molecule has 200 valence electrons. The van der Waals surface area contributed by atoms with Crippen LogP contribution in [0.5, 0.6) is 0 Å². The predicted octanol–water partition coefficient (Wildman–Crippen LogP) is 4.83. The lowest BCUT2D eigenvalue weighted by Crippen LogP contribution is -2.55. The fourth-order valence-electron chi connectivity index (χ4n) is 5.46. The Morgan fingerprint density at radius 2 is 1.81 bits per heavy atom. The summed E-state index contributed by atoms with van der Waals surface area (Å²) in [6.45, 7) is 6.67. The standard InChI is InChI=1S/C29H40N4O3S/c1-18(2)21-12-8-13-22(16-21)26(34)23-17-37-28(31-23)24-14-9-15-33(24)29(36)25(20-10-6-5-7-11-20)32-27(35)19(3)30-4/h8,12-13,16-20,24-25,30H,5-7,9-11,14-15H2,1-4H3,(H,32,35)/t19?,24-,25-/m0/s1. The van der Waals surface area contributed by atoms with Crippen LogP contribution in [0.2, 0.25) is 0 Å². The van der Waals surface area contributed by atoms with E-state index in [1.54, 1.807) is 14.0 Å². The van der Waals surface area contributed by atoms with Gasteiger partial charge < -0.3 is 15.5 Å². The second-order valence-corrected chi connectivity index (χ2v) is 11.7. The third kappa shape index (κ3) is 6.29. The summed E-state index contributed by atoms with van der Waals surface area (Å²) in [4.78, 5) is 46.6. The van der Waals surface area contributed by atoms with Gasteiger partial charge in [-0.05, 0) is 63.1 Å². The number of aromatic nitrogens is 1. The normalized spacial score (nSPS) is 20.1. The summed E-state index contributed by atoms with van der Waals surface area (Å²) < 4.78 is 0. The van der Waals surface area contributed by atoms with E-state index in [4.69, 9.17) is 4.98 Å². The molecule has 1 aliphatic heterocycles. The quantitative estimate of drug-likeness (QED) is 0.459. The van der Waals surface area contributed by atoms with Crippen LogP contribution in [0.4, 0.5) is 0 Å². The maximum Gasteiger partial charge on any atom is 0.246 e. The first-order valence-corrected chi connectivity index (χ1v) is 14.6. The number of amides is 2. The Morgan fingerprint density at radius 1 is 1.05 bits per heavy atom. The molecule has 37 heavy (non-hydrogen) atoms. The van der Waals surface area contributed by atoms with Gasteiger partial charge in [0.2, 0.25) is 17.6 Å². The summed E-state index contributed by atoms with van der Waals surface area (Å²) in [7, 11) is 1.75. The van der Waals surface area contributed by atoms with Crippen molar-refractivity contribution in [3.8, 4) is 0 Å². The lowest BCUT2D eigenvalue weighted by molar-refractivity contribution is -0.139. The molecule has 2 heterocycles. The van der Waals surface area contributed by atoms with Crippen LogP contribution in [0.3, 0.4) is 0 Å². The van der Waals surface area contributed by atoms with E-state index >= 15 is 0 Å². The minimum atomic E-state index is -0.524. The van der Waals surface area contributed by atoms with Crippen LogP contribution in [0, 0.1) is 5.92 Å². The summed E-state index contributed by atoms with van der Waals surface area (Å²) in [5.74, 6) is 0.239. The highest BCUT2D eigenvalue weighted by atomic mass is 32.1. The Morgan fingerprint density at radius 3 is 2.51 bits per heavy atom. The SMILES string of the molecule is CNC(C)C(=O)N[C@H](C(=O)N1CCC[C@H]1c1nc(C(=O)c2cccc(C(C)C)c2)cs1)C1CCCCC1. The fourth-order valence-corrected chi connectivity index (χ4v) is 6.40. The minimum Gasteiger partial charge on any atom is -0.343 e. The Kier molecular flexibility index (Phi) is 9.13. The molecule has 3 atom stereocenters. The van der Waals surface area contributed by atoms with Gasteiger partial charge in [-0.25, -0.2) is 4.98 Å². The van der Waals surface area contributed by atoms with E-state index in [1.165, 1.54) is 17.8 Å². The molecule has 2 aromatic rings. The van der Waals surface area contributed by atoms with Crippen molar-refractivity contribution in [3.05, 3.63) is 51.5 Å². The fraction of sp³-hybridized carbons (Fsp3) is 0.586. The van der Waals surface area contributed by atoms with E-state index in [0.717, 1.165) is 49.1 Å². The van der Waals surface area contributed by atoms with E-state index in [2.05, 4.69) is 24.5 Å². The van der Waals surface area contributed by atoms with Gasteiger partial charge in [0.15, 0.2) is 0 Å². The molecule has 1 aromatic heterocycles. The molecule has 8 heteroatoms. The first-order chi connectivity index (χ1) is 17.8. The molecule has 2 amide bonds. The number of thiazole rings is 1. The van der Waals surface area contributed by atoms with Gasteiger partial charge in [-0.3, -0.25) is 14.4 Å².